The summed E-state index contributed by atoms with van der Waals surface area (Å²) in [5, 5.41) is 3.06. The van der Waals surface area contributed by atoms with Crippen LogP contribution < -0.4 is 10.2 Å². The van der Waals surface area contributed by atoms with Gasteiger partial charge in [-0.2, -0.15) is 4.98 Å². The van der Waals surface area contributed by atoms with Crippen molar-refractivity contribution in [2.45, 2.75) is 32.4 Å². The second-order valence-corrected chi connectivity index (χ2v) is 3.67. The van der Waals surface area contributed by atoms with Crippen LogP contribution in [0.25, 0.3) is 0 Å². The van der Waals surface area contributed by atoms with E-state index < -0.39 is 0 Å². The van der Waals surface area contributed by atoms with Crippen LogP contribution in [0.15, 0.2) is 10.7 Å². The van der Waals surface area contributed by atoms with Crippen LogP contribution in [-0.2, 0) is 6.54 Å². The van der Waals surface area contributed by atoms with Gasteiger partial charge in [0.1, 0.15) is 6.26 Å². The number of oxazole rings is 1. The van der Waals surface area contributed by atoms with Gasteiger partial charge in [0.05, 0.1) is 5.69 Å². The number of anilines is 1. The summed E-state index contributed by atoms with van der Waals surface area (Å²) in [6.07, 6.45) is 4.28. The summed E-state index contributed by atoms with van der Waals surface area (Å²) in [5.41, 5.74) is 0.974. The first-order valence-corrected chi connectivity index (χ1v) is 5.20. The van der Waals surface area contributed by atoms with Gasteiger partial charge in [0, 0.05) is 19.1 Å². The van der Waals surface area contributed by atoms with Crippen molar-refractivity contribution in [2.24, 2.45) is 0 Å². The van der Waals surface area contributed by atoms with Crippen LogP contribution >= 0.6 is 0 Å². The van der Waals surface area contributed by atoms with Crippen LogP contribution in [0.2, 0.25) is 0 Å². The van der Waals surface area contributed by atoms with Crippen molar-refractivity contribution in [3.05, 3.63) is 12.0 Å². The lowest BCUT2D eigenvalue weighted by Crippen LogP contribution is -2.25. The summed E-state index contributed by atoms with van der Waals surface area (Å²) >= 11 is 0. The van der Waals surface area contributed by atoms with E-state index >= 15 is 0 Å². The Kier molecular flexibility index (Phi) is 2.72. The van der Waals surface area contributed by atoms with Gasteiger partial charge in [-0.15, -0.1) is 0 Å². The molecule has 0 radical (unpaired) electrons. The monoisotopic (exact) mass is 195 g/mol. The third-order valence-electron chi connectivity index (χ3n) is 2.47. The predicted octanol–water partition coefficient (Wildman–Crippen LogP) is 1.38. The standard InChI is InChI=1S/C10H17N3O/c1-3-13(9-4-5-9)10-12-8(6-11-2)7-14-10/h7,9,11H,3-6H2,1-2H3. The van der Waals surface area contributed by atoms with Gasteiger partial charge in [0.2, 0.25) is 0 Å². The molecule has 1 fully saturated rings. The Labute approximate surface area is 84.3 Å². The molecule has 4 heteroatoms. The number of hydrogen-bond acceptors (Lipinski definition) is 4. The molecule has 0 unspecified atom stereocenters. The third-order valence-corrected chi connectivity index (χ3v) is 2.47. The normalized spacial score (nSPS) is 15.9. The zero-order valence-corrected chi connectivity index (χ0v) is 8.79. The lowest BCUT2D eigenvalue weighted by Gasteiger charge is -2.16. The summed E-state index contributed by atoms with van der Waals surface area (Å²) in [6.45, 7) is 3.89. The van der Waals surface area contributed by atoms with Crippen molar-refractivity contribution in [3.8, 4) is 0 Å². The van der Waals surface area contributed by atoms with Crippen LogP contribution in [0, 0.1) is 0 Å². The largest absolute Gasteiger partial charge is 0.432 e. The molecule has 4 nitrogen and oxygen atoms in total. The van der Waals surface area contributed by atoms with Crippen LogP contribution in [-0.4, -0.2) is 24.6 Å². The van der Waals surface area contributed by atoms with E-state index in [9.17, 15) is 0 Å². The maximum Gasteiger partial charge on any atom is 0.297 e. The molecule has 78 valence electrons. The average molecular weight is 195 g/mol. The summed E-state index contributed by atoms with van der Waals surface area (Å²) in [7, 11) is 1.91. The maximum atomic E-state index is 5.45. The van der Waals surface area contributed by atoms with Gasteiger partial charge in [-0.25, -0.2) is 0 Å². The molecule has 1 aromatic heterocycles. The maximum absolute atomic E-state index is 5.45. The Bertz CT molecular complexity index is 293. The molecule has 0 amide bonds. The Hall–Kier alpha value is -1.03. The fourth-order valence-corrected chi connectivity index (χ4v) is 1.63. The molecule has 1 saturated carbocycles. The van der Waals surface area contributed by atoms with E-state index in [-0.39, 0.29) is 0 Å². The highest BCUT2D eigenvalue weighted by atomic mass is 16.4. The topological polar surface area (TPSA) is 41.3 Å². The molecule has 0 bridgehead atoms. The number of nitrogens with one attached hydrogen (secondary N) is 1. The van der Waals surface area contributed by atoms with Crippen molar-refractivity contribution in [1.82, 2.24) is 10.3 Å². The van der Waals surface area contributed by atoms with E-state index in [4.69, 9.17) is 4.42 Å². The lowest BCUT2D eigenvalue weighted by atomic mass is 10.5. The van der Waals surface area contributed by atoms with Crippen molar-refractivity contribution >= 4 is 6.01 Å². The van der Waals surface area contributed by atoms with E-state index in [0.717, 1.165) is 24.8 Å². The van der Waals surface area contributed by atoms with Crippen LogP contribution in [0.3, 0.4) is 0 Å². The smallest absolute Gasteiger partial charge is 0.297 e. The number of hydrogen-bond donors (Lipinski definition) is 1. The number of nitrogens with zero attached hydrogens (tertiary/aromatic N) is 2. The summed E-state index contributed by atoms with van der Waals surface area (Å²) < 4.78 is 5.45. The highest BCUT2D eigenvalue weighted by molar-refractivity contribution is 5.31. The quantitative estimate of drug-likeness (QED) is 0.770. The van der Waals surface area contributed by atoms with Crippen molar-refractivity contribution < 1.29 is 4.42 Å². The molecule has 0 atom stereocenters. The molecule has 0 aromatic carbocycles. The first kappa shape index (κ1) is 9.52. The Morgan fingerprint density at radius 1 is 1.64 bits per heavy atom. The summed E-state index contributed by atoms with van der Waals surface area (Å²) in [5.74, 6) is 0. The second kappa shape index (κ2) is 4.00. The molecular formula is C10H17N3O. The minimum absolute atomic E-state index is 0.668. The Morgan fingerprint density at radius 2 is 2.43 bits per heavy atom. The van der Waals surface area contributed by atoms with Crippen molar-refractivity contribution in [3.63, 3.8) is 0 Å². The molecular weight excluding hydrogens is 178 g/mol. The predicted molar refractivity (Wildman–Crippen MR) is 55.3 cm³/mol. The van der Waals surface area contributed by atoms with Crippen LogP contribution in [0.5, 0.6) is 0 Å². The van der Waals surface area contributed by atoms with E-state index in [1.807, 2.05) is 7.05 Å². The van der Waals surface area contributed by atoms with Gasteiger partial charge in [-0.1, -0.05) is 0 Å². The van der Waals surface area contributed by atoms with Crippen LogP contribution in [0.1, 0.15) is 25.5 Å². The molecule has 1 aliphatic rings. The molecule has 0 saturated heterocycles. The number of rotatable bonds is 5. The fraction of sp³-hybridized carbons (Fsp3) is 0.700. The molecule has 14 heavy (non-hydrogen) atoms. The average Bonchev–Trinajstić information content (AvgIpc) is 2.90. The van der Waals surface area contributed by atoms with Gasteiger partial charge in [-0.05, 0) is 26.8 Å². The van der Waals surface area contributed by atoms with Gasteiger partial charge < -0.3 is 14.6 Å². The van der Waals surface area contributed by atoms with Gasteiger partial charge in [0.25, 0.3) is 6.01 Å². The van der Waals surface area contributed by atoms with Gasteiger partial charge in [-0.3, -0.25) is 0 Å². The van der Waals surface area contributed by atoms with E-state index in [1.54, 1.807) is 6.26 Å². The second-order valence-electron chi connectivity index (χ2n) is 3.67. The molecule has 0 aliphatic heterocycles. The van der Waals surface area contributed by atoms with Gasteiger partial charge >= 0.3 is 0 Å². The third kappa shape index (κ3) is 1.90. The minimum Gasteiger partial charge on any atom is -0.432 e. The molecule has 1 aromatic rings. The fourth-order valence-electron chi connectivity index (χ4n) is 1.63. The van der Waals surface area contributed by atoms with Crippen molar-refractivity contribution in [2.75, 3.05) is 18.5 Å². The summed E-state index contributed by atoms with van der Waals surface area (Å²) in [4.78, 5) is 6.66. The Morgan fingerprint density at radius 3 is 3.00 bits per heavy atom. The molecule has 0 spiro atoms. The van der Waals surface area contributed by atoms with E-state index in [0.29, 0.717) is 6.04 Å². The summed E-state index contributed by atoms with van der Waals surface area (Å²) in [6, 6.07) is 1.45. The van der Waals surface area contributed by atoms with E-state index in [1.165, 1.54) is 12.8 Å². The zero-order chi connectivity index (χ0) is 9.97. The first-order valence-electron chi connectivity index (χ1n) is 5.20. The highest BCUT2D eigenvalue weighted by Gasteiger charge is 2.30. The molecule has 2 rings (SSSR count). The van der Waals surface area contributed by atoms with Gasteiger partial charge in [0.15, 0.2) is 0 Å². The lowest BCUT2D eigenvalue weighted by molar-refractivity contribution is 0.533. The molecule has 1 heterocycles. The SMILES string of the molecule is CCN(c1nc(CNC)co1)C1CC1. The first-order chi connectivity index (χ1) is 6.85. The zero-order valence-electron chi connectivity index (χ0n) is 8.79. The van der Waals surface area contributed by atoms with Crippen LogP contribution in [0.4, 0.5) is 6.01 Å². The Balaban J connectivity index is 2.05. The van der Waals surface area contributed by atoms with E-state index in [2.05, 4.69) is 22.1 Å². The number of aromatic nitrogens is 1. The highest BCUT2D eigenvalue weighted by Crippen LogP contribution is 2.30. The van der Waals surface area contributed by atoms with Crippen molar-refractivity contribution in [1.29, 1.82) is 0 Å². The minimum atomic E-state index is 0.668. The molecule has 1 N–H and O–H groups in total. The molecule has 1 aliphatic carbocycles.